The number of nitrogens with one attached hydrogen (secondary N) is 1. The van der Waals surface area contributed by atoms with Crippen LogP contribution < -0.4 is 10.2 Å². The number of hydrogen-bond acceptors (Lipinski definition) is 8. The van der Waals surface area contributed by atoms with Gasteiger partial charge in [0.15, 0.2) is 5.13 Å². The van der Waals surface area contributed by atoms with Crippen LogP contribution in [0, 0.1) is 11.7 Å². The molecule has 0 unspecified atom stereocenters. The molecule has 2 fully saturated rings. The van der Waals surface area contributed by atoms with E-state index in [4.69, 9.17) is 0 Å². The summed E-state index contributed by atoms with van der Waals surface area (Å²) in [6.07, 6.45) is 2.46. The molecule has 5 rings (SSSR count). The first-order chi connectivity index (χ1) is 19.1. The number of benzene rings is 1. The number of halogens is 4. The molecular formula is C27H28F4N6O2S. The molecule has 2 aromatic heterocycles. The Labute approximate surface area is 232 Å². The number of amides is 1. The molecule has 8 nitrogen and oxygen atoms in total. The molecule has 212 valence electrons. The summed E-state index contributed by atoms with van der Waals surface area (Å²) in [6, 6.07) is 3.11. The Balaban J connectivity index is 1.37. The number of nitrogens with zero attached hydrogens (tertiary/aromatic N) is 5. The molecule has 2 aliphatic rings. The predicted molar refractivity (Wildman–Crippen MR) is 143 cm³/mol. The first-order valence-electron chi connectivity index (χ1n) is 13.1. The summed E-state index contributed by atoms with van der Waals surface area (Å²) in [6.45, 7) is 4.71. The summed E-state index contributed by atoms with van der Waals surface area (Å²) < 4.78 is 54.2. The topological polar surface area (TPSA) is 91.3 Å². The van der Waals surface area contributed by atoms with Gasteiger partial charge in [-0.2, -0.15) is 13.2 Å². The van der Waals surface area contributed by atoms with E-state index < -0.39 is 23.5 Å². The van der Waals surface area contributed by atoms with Crippen LogP contribution >= 0.6 is 11.3 Å². The van der Waals surface area contributed by atoms with Crippen molar-refractivity contribution in [2.45, 2.75) is 51.4 Å². The normalized spacial score (nSPS) is 18.7. The number of thiazole rings is 1. The van der Waals surface area contributed by atoms with E-state index in [1.54, 1.807) is 0 Å². The van der Waals surface area contributed by atoms with Gasteiger partial charge in [0.25, 0.3) is 5.91 Å². The quantitative estimate of drug-likeness (QED) is 0.297. The van der Waals surface area contributed by atoms with E-state index in [9.17, 15) is 27.2 Å². The van der Waals surface area contributed by atoms with Crippen molar-refractivity contribution >= 4 is 34.5 Å². The molecule has 13 heteroatoms. The molecule has 1 atom stereocenters. The summed E-state index contributed by atoms with van der Waals surface area (Å²) in [5.41, 5.74) is -0.922. The van der Waals surface area contributed by atoms with Crippen molar-refractivity contribution in [1.29, 1.82) is 0 Å². The minimum absolute atomic E-state index is 0.0472. The molecule has 0 spiro atoms. The fourth-order valence-corrected chi connectivity index (χ4v) is 6.07. The molecule has 0 saturated carbocycles. The van der Waals surface area contributed by atoms with Gasteiger partial charge in [0.1, 0.15) is 23.6 Å². The molecule has 0 radical (unpaired) electrons. The van der Waals surface area contributed by atoms with Gasteiger partial charge in [-0.05, 0) is 57.4 Å². The Kier molecular flexibility index (Phi) is 8.13. The maximum absolute atomic E-state index is 14.0. The Bertz CT molecular complexity index is 1370. The number of rotatable bonds is 7. The number of alkyl halides is 3. The SMILES string of the molecule is C[C@@H]1CCCN1Cc1sc(NC(=O)c2cnc(N3CCC(C=O)CC3)cn2)nc1-c1ccc(F)c(C(F)(F)F)c1. The van der Waals surface area contributed by atoms with Gasteiger partial charge in [-0.25, -0.2) is 19.3 Å². The van der Waals surface area contributed by atoms with Crippen molar-refractivity contribution in [2.75, 3.05) is 29.9 Å². The van der Waals surface area contributed by atoms with E-state index in [0.717, 1.165) is 50.6 Å². The highest BCUT2D eigenvalue weighted by molar-refractivity contribution is 7.16. The van der Waals surface area contributed by atoms with Crippen LogP contribution in [-0.4, -0.2) is 57.7 Å². The number of piperidine rings is 1. The van der Waals surface area contributed by atoms with Gasteiger partial charge < -0.3 is 9.69 Å². The third-order valence-corrected chi connectivity index (χ3v) is 8.38. The zero-order valence-corrected chi connectivity index (χ0v) is 22.6. The first kappa shape index (κ1) is 28.1. The van der Waals surface area contributed by atoms with Gasteiger partial charge in [-0.15, -0.1) is 0 Å². The smallest absolute Gasteiger partial charge is 0.355 e. The fourth-order valence-electron chi connectivity index (χ4n) is 5.07. The molecule has 2 saturated heterocycles. The number of aldehydes is 1. The number of carbonyl (C=O) groups is 2. The minimum atomic E-state index is -4.86. The third kappa shape index (κ3) is 6.15. The molecule has 4 heterocycles. The summed E-state index contributed by atoms with van der Waals surface area (Å²) in [4.78, 5) is 41.9. The summed E-state index contributed by atoms with van der Waals surface area (Å²) in [5, 5.41) is 2.89. The van der Waals surface area contributed by atoms with Gasteiger partial charge in [-0.1, -0.05) is 11.3 Å². The third-order valence-electron chi connectivity index (χ3n) is 7.43. The average Bonchev–Trinajstić information content (AvgIpc) is 3.53. The Morgan fingerprint density at radius 3 is 2.55 bits per heavy atom. The molecule has 40 heavy (non-hydrogen) atoms. The van der Waals surface area contributed by atoms with Crippen molar-refractivity contribution in [1.82, 2.24) is 19.9 Å². The highest BCUT2D eigenvalue weighted by Gasteiger charge is 2.35. The first-order valence-corrected chi connectivity index (χ1v) is 13.9. The van der Waals surface area contributed by atoms with E-state index in [0.29, 0.717) is 36.4 Å². The van der Waals surface area contributed by atoms with E-state index in [2.05, 4.69) is 32.1 Å². The predicted octanol–water partition coefficient (Wildman–Crippen LogP) is 5.41. The van der Waals surface area contributed by atoms with E-state index in [1.165, 1.54) is 29.8 Å². The summed E-state index contributed by atoms with van der Waals surface area (Å²) in [5.74, 6) is -1.26. The van der Waals surface area contributed by atoms with E-state index >= 15 is 0 Å². The van der Waals surface area contributed by atoms with Crippen LogP contribution in [0.3, 0.4) is 0 Å². The Morgan fingerprint density at radius 1 is 1.15 bits per heavy atom. The second kappa shape index (κ2) is 11.6. The average molecular weight is 577 g/mol. The van der Waals surface area contributed by atoms with Crippen molar-refractivity contribution in [3.63, 3.8) is 0 Å². The van der Waals surface area contributed by atoms with E-state index in [-0.39, 0.29) is 28.0 Å². The molecule has 1 aromatic carbocycles. The molecular weight excluding hydrogens is 548 g/mol. The fraction of sp³-hybridized carbons (Fsp3) is 0.444. The maximum Gasteiger partial charge on any atom is 0.419 e. The van der Waals surface area contributed by atoms with Gasteiger partial charge in [0, 0.05) is 42.0 Å². The lowest BCUT2D eigenvalue weighted by atomic mass is 9.99. The standard InChI is InChI=1S/C27H28F4N6O2S/c1-16-3-2-8-37(16)14-22-24(18-4-5-20(28)19(11-18)27(29,30)31)34-26(40-22)35-25(39)21-12-33-23(13-32-21)36-9-6-17(15-38)7-10-36/h4-5,11-13,15-17H,2-3,6-10,14H2,1H3,(H,34,35,39)/t16-/m1/s1. The van der Waals surface area contributed by atoms with Gasteiger partial charge in [-0.3, -0.25) is 15.0 Å². The number of carbonyl (C=O) groups excluding carboxylic acids is 2. The van der Waals surface area contributed by atoms with Crippen molar-refractivity contribution in [3.8, 4) is 11.3 Å². The lowest BCUT2D eigenvalue weighted by Gasteiger charge is -2.30. The molecule has 1 N–H and O–H groups in total. The zero-order valence-electron chi connectivity index (χ0n) is 21.7. The highest BCUT2D eigenvalue weighted by Crippen LogP contribution is 2.38. The lowest BCUT2D eigenvalue weighted by Crippen LogP contribution is -2.34. The lowest BCUT2D eigenvalue weighted by molar-refractivity contribution is -0.139. The Hall–Kier alpha value is -3.45. The summed E-state index contributed by atoms with van der Waals surface area (Å²) in [7, 11) is 0. The van der Waals surface area contributed by atoms with Crippen LogP contribution in [0.15, 0.2) is 30.6 Å². The van der Waals surface area contributed by atoms with Gasteiger partial charge in [0.05, 0.1) is 23.7 Å². The largest absolute Gasteiger partial charge is 0.419 e. The van der Waals surface area contributed by atoms with E-state index in [1.807, 2.05) is 4.90 Å². The van der Waals surface area contributed by atoms with Crippen molar-refractivity contribution < 1.29 is 27.2 Å². The van der Waals surface area contributed by atoms with Crippen LogP contribution in [0.5, 0.6) is 0 Å². The summed E-state index contributed by atoms with van der Waals surface area (Å²) >= 11 is 1.17. The van der Waals surface area contributed by atoms with Gasteiger partial charge >= 0.3 is 6.18 Å². The Morgan fingerprint density at radius 2 is 1.93 bits per heavy atom. The van der Waals surface area contributed by atoms with Crippen LogP contribution in [0.1, 0.15) is 53.5 Å². The molecule has 1 amide bonds. The maximum atomic E-state index is 14.0. The van der Waals surface area contributed by atoms with Crippen LogP contribution in [0.2, 0.25) is 0 Å². The molecule has 0 aliphatic carbocycles. The minimum Gasteiger partial charge on any atom is -0.355 e. The second-order valence-corrected chi connectivity index (χ2v) is 11.2. The van der Waals surface area contributed by atoms with Gasteiger partial charge in [0.2, 0.25) is 0 Å². The molecule has 2 aliphatic heterocycles. The number of aromatic nitrogens is 3. The van der Waals surface area contributed by atoms with Crippen LogP contribution in [-0.2, 0) is 17.5 Å². The number of hydrogen-bond donors (Lipinski definition) is 1. The van der Waals surface area contributed by atoms with Crippen molar-refractivity contribution in [2.24, 2.45) is 5.92 Å². The van der Waals surface area contributed by atoms with Crippen molar-refractivity contribution in [3.05, 3.63) is 52.5 Å². The highest BCUT2D eigenvalue weighted by atomic mass is 32.1. The van der Waals surface area contributed by atoms with Crippen LogP contribution in [0.25, 0.3) is 11.3 Å². The zero-order chi connectivity index (χ0) is 28.4. The number of likely N-dealkylation sites (tertiary alicyclic amines) is 1. The van der Waals surface area contributed by atoms with Crippen LogP contribution in [0.4, 0.5) is 28.5 Å². The second-order valence-electron chi connectivity index (χ2n) is 10.1. The monoisotopic (exact) mass is 576 g/mol. The number of anilines is 2. The molecule has 3 aromatic rings. The molecule has 0 bridgehead atoms.